The molecule has 3 atom stereocenters. The van der Waals surface area contributed by atoms with Gasteiger partial charge in [-0.1, -0.05) is 30.3 Å². The molecule has 1 aliphatic rings. The van der Waals surface area contributed by atoms with E-state index in [1.54, 1.807) is 12.1 Å². The first-order chi connectivity index (χ1) is 13.0. The van der Waals surface area contributed by atoms with Crippen molar-refractivity contribution < 1.29 is 14.3 Å². The number of hydrogen-bond acceptors (Lipinski definition) is 4. The highest BCUT2D eigenvalue weighted by Gasteiger charge is 2.29. The van der Waals surface area contributed by atoms with Gasteiger partial charge in [-0.15, -0.1) is 12.4 Å². The van der Waals surface area contributed by atoms with Gasteiger partial charge in [0.2, 0.25) is 5.91 Å². The van der Waals surface area contributed by atoms with Crippen LogP contribution in [-0.2, 0) is 9.53 Å². The molecule has 3 N–H and O–H groups in total. The van der Waals surface area contributed by atoms with Crippen molar-refractivity contribution in [2.75, 3.05) is 18.5 Å². The van der Waals surface area contributed by atoms with Crippen molar-refractivity contribution in [3.63, 3.8) is 0 Å². The lowest BCUT2D eigenvalue weighted by Crippen LogP contribution is -2.55. The second-order valence-electron chi connectivity index (χ2n) is 6.68. The van der Waals surface area contributed by atoms with Gasteiger partial charge in [0.05, 0.1) is 18.8 Å². The number of halogens is 1. The minimum absolute atomic E-state index is 0. The van der Waals surface area contributed by atoms with Crippen LogP contribution in [0.5, 0.6) is 0 Å². The maximum atomic E-state index is 12.5. The summed E-state index contributed by atoms with van der Waals surface area (Å²) in [6.45, 7) is 5.09. The van der Waals surface area contributed by atoms with E-state index in [1.165, 1.54) is 0 Å². The van der Waals surface area contributed by atoms with Gasteiger partial charge in [-0.25, -0.2) is 0 Å². The monoisotopic (exact) mass is 403 g/mol. The van der Waals surface area contributed by atoms with Crippen LogP contribution >= 0.6 is 12.4 Å². The van der Waals surface area contributed by atoms with Crippen LogP contribution in [0.4, 0.5) is 5.69 Å². The summed E-state index contributed by atoms with van der Waals surface area (Å²) in [6, 6.07) is 16.0. The first-order valence-electron chi connectivity index (χ1n) is 9.16. The van der Waals surface area contributed by atoms with E-state index in [9.17, 15) is 9.59 Å². The van der Waals surface area contributed by atoms with Gasteiger partial charge in [0.1, 0.15) is 6.04 Å². The number of rotatable bonds is 5. The molecule has 7 heteroatoms. The maximum absolute atomic E-state index is 12.5. The minimum atomic E-state index is -0.359. The Labute approximate surface area is 171 Å². The van der Waals surface area contributed by atoms with Gasteiger partial charge >= 0.3 is 0 Å². The quantitative estimate of drug-likeness (QED) is 0.717. The van der Waals surface area contributed by atoms with Crippen molar-refractivity contribution in [2.24, 2.45) is 0 Å². The molecule has 0 radical (unpaired) electrons. The molecule has 3 rings (SSSR count). The molecule has 1 saturated heterocycles. The Hall–Kier alpha value is -2.41. The molecular weight excluding hydrogens is 378 g/mol. The molecule has 6 nitrogen and oxygen atoms in total. The van der Waals surface area contributed by atoms with Crippen LogP contribution in [-0.4, -0.2) is 37.1 Å². The van der Waals surface area contributed by atoms with Gasteiger partial charge in [0, 0.05) is 17.8 Å². The van der Waals surface area contributed by atoms with Crippen LogP contribution in [0.3, 0.4) is 0 Å². The molecule has 150 valence electrons. The van der Waals surface area contributed by atoms with E-state index in [-0.39, 0.29) is 42.4 Å². The van der Waals surface area contributed by atoms with Gasteiger partial charge in [0.15, 0.2) is 0 Å². The van der Waals surface area contributed by atoms with Crippen molar-refractivity contribution >= 4 is 29.9 Å². The van der Waals surface area contributed by atoms with Gasteiger partial charge < -0.3 is 20.7 Å². The fourth-order valence-corrected chi connectivity index (χ4v) is 3.09. The number of nitrogens with one attached hydrogen (secondary N) is 3. The zero-order valence-electron chi connectivity index (χ0n) is 16.0. The first-order valence-corrected chi connectivity index (χ1v) is 9.16. The van der Waals surface area contributed by atoms with Gasteiger partial charge in [-0.2, -0.15) is 0 Å². The van der Waals surface area contributed by atoms with Crippen LogP contribution in [0.25, 0.3) is 0 Å². The lowest BCUT2D eigenvalue weighted by molar-refractivity contribution is -0.129. The molecule has 0 aromatic heterocycles. The van der Waals surface area contributed by atoms with Gasteiger partial charge in [0.25, 0.3) is 5.91 Å². The van der Waals surface area contributed by atoms with Crippen LogP contribution in [0, 0.1) is 0 Å². The van der Waals surface area contributed by atoms with Crippen LogP contribution in [0.2, 0.25) is 0 Å². The Balaban J connectivity index is 0.00000280. The normalized spacial score (nSPS) is 19.8. The average Bonchev–Trinajstić information content (AvgIpc) is 2.69. The Kier molecular flexibility index (Phi) is 7.99. The molecule has 1 unspecified atom stereocenters. The topological polar surface area (TPSA) is 79.5 Å². The molecule has 0 aliphatic carbocycles. The van der Waals surface area contributed by atoms with Crippen molar-refractivity contribution in [3.05, 3.63) is 65.7 Å². The molecule has 28 heavy (non-hydrogen) atoms. The van der Waals surface area contributed by atoms with Crippen molar-refractivity contribution in [1.29, 1.82) is 0 Å². The van der Waals surface area contributed by atoms with Gasteiger partial charge in [-0.05, 0) is 43.7 Å². The van der Waals surface area contributed by atoms with E-state index >= 15 is 0 Å². The number of carbonyl (C=O) groups excluding carboxylic acids is 2. The number of ether oxygens (including phenoxy) is 1. The zero-order valence-corrected chi connectivity index (χ0v) is 16.8. The summed E-state index contributed by atoms with van der Waals surface area (Å²) >= 11 is 0. The van der Waals surface area contributed by atoms with Crippen LogP contribution < -0.4 is 16.0 Å². The standard InChI is InChI=1S/C21H25N3O3.ClH/c1-14(23-21(26)19-15(2)27-12-11-22-19)17-9-6-10-18(13-17)24-20(25)16-7-4-3-5-8-16;/h3-10,13-15,19,22H,11-12H2,1-2H3,(H,23,26)(H,24,25);1H/t14?,15-,19+;/m1./s1. The number of benzene rings is 2. The second-order valence-corrected chi connectivity index (χ2v) is 6.68. The number of anilines is 1. The molecule has 2 aromatic rings. The molecule has 1 heterocycles. The van der Waals surface area contributed by atoms with Crippen LogP contribution in [0.15, 0.2) is 54.6 Å². The molecule has 1 fully saturated rings. The summed E-state index contributed by atoms with van der Waals surface area (Å²) in [7, 11) is 0. The van der Waals surface area contributed by atoms with Crippen LogP contribution in [0.1, 0.15) is 35.8 Å². The second kappa shape index (κ2) is 10.2. The highest BCUT2D eigenvalue weighted by Crippen LogP contribution is 2.19. The smallest absolute Gasteiger partial charge is 0.255 e. The van der Waals surface area contributed by atoms with E-state index in [4.69, 9.17) is 4.74 Å². The Morgan fingerprint density at radius 3 is 2.61 bits per heavy atom. The maximum Gasteiger partial charge on any atom is 0.255 e. The number of amides is 2. The Morgan fingerprint density at radius 2 is 1.89 bits per heavy atom. The third-order valence-electron chi connectivity index (χ3n) is 4.64. The Morgan fingerprint density at radius 1 is 1.14 bits per heavy atom. The largest absolute Gasteiger partial charge is 0.375 e. The third kappa shape index (κ3) is 5.55. The molecule has 1 aliphatic heterocycles. The molecule has 0 saturated carbocycles. The highest BCUT2D eigenvalue weighted by atomic mass is 35.5. The fraction of sp³-hybridized carbons (Fsp3) is 0.333. The average molecular weight is 404 g/mol. The zero-order chi connectivity index (χ0) is 19.2. The van der Waals surface area contributed by atoms with E-state index in [1.807, 2.05) is 56.3 Å². The van der Waals surface area contributed by atoms with E-state index in [2.05, 4.69) is 16.0 Å². The summed E-state index contributed by atoms with van der Waals surface area (Å²) < 4.78 is 5.53. The highest BCUT2D eigenvalue weighted by molar-refractivity contribution is 6.04. The minimum Gasteiger partial charge on any atom is -0.375 e. The molecule has 2 aromatic carbocycles. The first kappa shape index (κ1) is 21.9. The number of morpholine rings is 1. The van der Waals surface area contributed by atoms with Gasteiger partial charge in [-0.3, -0.25) is 9.59 Å². The van der Waals surface area contributed by atoms with E-state index in [0.29, 0.717) is 24.4 Å². The summed E-state index contributed by atoms with van der Waals surface area (Å²) in [6.07, 6.45) is -0.164. The number of carbonyl (C=O) groups is 2. The molecular formula is C21H26ClN3O3. The lowest BCUT2D eigenvalue weighted by Gasteiger charge is -2.30. The van der Waals surface area contributed by atoms with E-state index in [0.717, 1.165) is 5.56 Å². The van der Waals surface area contributed by atoms with Crippen molar-refractivity contribution in [1.82, 2.24) is 10.6 Å². The predicted molar refractivity (Wildman–Crippen MR) is 112 cm³/mol. The predicted octanol–water partition coefficient (Wildman–Crippen LogP) is 2.91. The Bertz CT molecular complexity index is 800. The third-order valence-corrected chi connectivity index (χ3v) is 4.64. The fourth-order valence-electron chi connectivity index (χ4n) is 3.09. The lowest BCUT2D eigenvalue weighted by atomic mass is 10.1. The SMILES string of the molecule is CC(NC(=O)[C@H]1NCCO[C@@H]1C)c1cccc(NC(=O)c2ccccc2)c1.Cl. The summed E-state index contributed by atoms with van der Waals surface area (Å²) in [5.74, 6) is -0.254. The molecule has 0 spiro atoms. The summed E-state index contributed by atoms with van der Waals surface area (Å²) in [5, 5.41) is 9.09. The van der Waals surface area contributed by atoms with Crippen molar-refractivity contribution in [2.45, 2.75) is 32.0 Å². The summed E-state index contributed by atoms with van der Waals surface area (Å²) in [4.78, 5) is 24.8. The number of hydrogen-bond donors (Lipinski definition) is 3. The van der Waals surface area contributed by atoms with Crippen molar-refractivity contribution in [3.8, 4) is 0 Å². The molecule has 0 bridgehead atoms. The molecule has 2 amide bonds. The van der Waals surface area contributed by atoms with E-state index < -0.39 is 0 Å². The summed E-state index contributed by atoms with van der Waals surface area (Å²) in [5.41, 5.74) is 2.20.